The number of rotatable bonds is 2. The predicted molar refractivity (Wildman–Crippen MR) is 74.7 cm³/mol. The summed E-state index contributed by atoms with van der Waals surface area (Å²) in [7, 11) is 1.90. The number of aromatic nitrogens is 5. The monoisotopic (exact) mass is 275 g/mol. The van der Waals surface area contributed by atoms with Gasteiger partial charge in [0.15, 0.2) is 5.65 Å². The van der Waals surface area contributed by atoms with Crippen LogP contribution in [0.5, 0.6) is 0 Å². The van der Waals surface area contributed by atoms with E-state index in [1.54, 1.807) is 4.68 Å². The van der Waals surface area contributed by atoms with Gasteiger partial charge >= 0.3 is 0 Å². The maximum atomic E-state index is 6.01. The third-order valence-corrected chi connectivity index (χ3v) is 3.29. The summed E-state index contributed by atoms with van der Waals surface area (Å²) in [5.74, 6) is 1.12. The summed E-state index contributed by atoms with van der Waals surface area (Å²) in [5, 5.41) is 4.36. The quantitative estimate of drug-likeness (QED) is 0.675. The zero-order chi connectivity index (χ0) is 13.6. The SMILES string of the molecule is Cc1cnc2c(c1)nc(CCl)n2-c1cn(C)nc1C. The highest BCUT2D eigenvalue weighted by molar-refractivity contribution is 6.16. The Hall–Kier alpha value is -1.88. The van der Waals surface area contributed by atoms with E-state index in [2.05, 4.69) is 15.1 Å². The molecule has 6 heteroatoms. The Kier molecular flexibility index (Phi) is 2.78. The maximum Gasteiger partial charge on any atom is 0.164 e. The number of hydrogen-bond acceptors (Lipinski definition) is 3. The summed E-state index contributed by atoms with van der Waals surface area (Å²) < 4.78 is 3.76. The van der Waals surface area contributed by atoms with Crippen LogP contribution >= 0.6 is 11.6 Å². The molecule has 0 atom stereocenters. The van der Waals surface area contributed by atoms with E-state index >= 15 is 0 Å². The second-order valence-corrected chi connectivity index (χ2v) is 4.89. The van der Waals surface area contributed by atoms with Crippen molar-refractivity contribution in [2.24, 2.45) is 7.05 Å². The third-order valence-electron chi connectivity index (χ3n) is 3.05. The van der Waals surface area contributed by atoms with Crippen LogP contribution in [0, 0.1) is 13.8 Å². The molecular weight excluding hydrogens is 262 g/mol. The molecule has 0 aliphatic rings. The number of imidazole rings is 1. The molecule has 0 saturated heterocycles. The fourth-order valence-corrected chi connectivity index (χ4v) is 2.44. The van der Waals surface area contributed by atoms with Crippen LogP contribution in [0.25, 0.3) is 16.9 Å². The predicted octanol–water partition coefficient (Wildman–Crippen LogP) is 2.51. The van der Waals surface area contributed by atoms with Crippen molar-refractivity contribution in [3.63, 3.8) is 0 Å². The highest BCUT2D eigenvalue weighted by Gasteiger charge is 2.16. The minimum atomic E-state index is 0.337. The van der Waals surface area contributed by atoms with E-state index in [4.69, 9.17) is 11.6 Å². The van der Waals surface area contributed by atoms with E-state index in [1.807, 2.05) is 43.9 Å². The summed E-state index contributed by atoms with van der Waals surface area (Å²) >= 11 is 6.01. The Balaban J connectivity index is 2.35. The smallest absolute Gasteiger partial charge is 0.164 e. The Morgan fingerprint density at radius 1 is 1.32 bits per heavy atom. The number of hydrogen-bond donors (Lipinski definition) is 0. The fourth-order valence-electron chi connectivity index (χ4n) is 2.26. The lowest BCUT2D eigenvalue weighted by Gasteiger charge is -2.04. The van der Waals surface area contributed by atoms with Crippen molar-refractivity contribution < 1.29 is 0 Å². The van der Waals surface area contributed by atoms with E-state index in [-0.39, 0.29) is 0 Å². The van der Waals surface area contributed by atoms with Crippen LogP contribution < -0.4 is 0 Å². The standard InChI is InChI=1S/C13H14ClN5/c1-8-4-10-13(15-6-8)19(12(5-14)16-10)11-7-18(3)17-9(11)2/h4,6-7H,5H2,1-3H3. The van der Waals surface area contributed by atoms with Gasteiger partial charge in [0.05, 0.1) is 17.3 Å². The number of nitrogens with zero attached hydrogens (tertiary/aromatic N) is 5. The molecule has 0 amide bonds. The van der Waals surface area contributed by atoms with Crippen molar-refractivity contribution in [3.8, 4) is 5.69 Å². The van der Waals surface area contributed by atoms with Crippen molar-refractivity contribution in [1.29, 1.82) is 0 Å². The first-order chi connectivity index (χ1) is 9.10. The summed E-state index contributed by atoms with van der Waals surface area (Å²) in [5.41, 5.74) is 4.66. The summed E-state index contributed by atoms with van der Waals surface area (Å²) in [6, 6.07) is 2.01. The second kappa shape index (κ2) is 4.35. The van der Waals surface area contributed by atoms with Crippen molar-refractivity contribution >= 4 is 22.8 Å². The highest BCUT2D eigenvalue weighted by atomic mass is 35.5. The van der Waals surface area contributed by atoms with Crippen molar-refractivity contribution in [2.45, 2.75) is 19.7 Å². The summed E-state index contributed by atoms with van der Waals surface area (Å²) in [6.45, 7) is 3.97. The lowest BCUT2D eigenvalue weighted by atomic mass is 10.3. The molecule has 3 aromatic rings. The minimum Gasteiger partial charge on any atom is -0.276 e. The number of pyridine rings is 1. The largest absolute Gasteiger partial charge is 0.276 e. The topological polar surface area (TPSA) is 48.5 Å². The van der Waals surface area contributed by atoms with Gasteiger partial charge in [-0.25, -0.2) is 9.97 Å². The molecule has 0 saturated carbocycles. The van der Waals surface area contributed by atoms with E-state index in [1.165, 1.54) is 0 Å². The van der Waals surface area contributed by atoms with Gasteiger partial charge in [0, 0.05) is 19.4 Å². The molecule has 0 aliphatic heterocycles. The van der Waals surface area contributed by atoms with E-state index in [0.717, 1.165) is 33.9 Å². The Bertz CT molecular complexity index is 756. The lowest BCUT2D eigenvalue weighted by molar-refractivity contribution is 0.756. The van der Waals surface area contributed by atoms with Gasteiger partial charge < -0.3 is 0 Å². The van der Waals surface area contributed by atoms with Gasteiger partial charge in [-0.15, -0.1) is 11.6 Å². The molecule has 3 rings (SSSR count). The fraction of sp³-hybridized carbons (Fsp3) is 0.308. The van der Waals surface area contributed by atoms with Crippen LogP contribution in [0.4, 0.5) is 0 Å². The van der Waals surface area contributed by atoms with Gasteiger partial charge in [-0.3, -0.25) is 9.25 Å². The zero-order valence-electron chi connectivity index (χ0n) is 11.1. The Labute approximate surface area is 115 Å². The first-order valence-electron chi connectivity index (χ1n) is 6.00. The lowest BCUT2D eigenvalue weighted by Crippen LogP contribution is -2.00. The Morgan fingerprint density at radius 3 is 2.74 bits per heavy atom. The first-order valence-corrected chi connectivity index (χ1v) is 6.54. The molecule has 19 heavy (non-hydrogen) atoms. The Morgan fingerprint density at radius 2 is 2.11 bits per heavy atom. The van der Waals surface area contributed by atoms with Crippen LogP contribution in [-0.4, -0.2) is 24.3 Å². The number of fused-ring (bicyclic) bond motifs is 1. The second-order valence-electron chi connectivity index (χ2n) is 4.63. The summed E-state index contributed by atoms with van der Waals surface area (Å²) in [6.07, 6.45) is 3.79. The third kappa shape index (κ3) is 1.90. The number of halogens is 1. The first kappa shape index (κ1) is 12.2. The summed E-state index contributed by atoms with van der Waals surface area (Å²) in [4.78, 5) is 9.03. The number of aryl methyl sites for hydroxylation is 3. The molecule has 0 N–H and O–H groups in total. The van der Waals surface area contributed by atoms with E-state index < -0.39 is 0 Å². The van der Waals surface area contributed by atoms with Crippen molar-refractivity contribution in [3.05, 3.63) is 35.5 Å². The van der Waals surface area contributed by atoms with Gasteiger partial charge in [0.2, 0.25) is 0 Å². The van der Waals surface area contributed by atoms with Gasteiger partial charge in [-0.1, -0.05) is 0 Å². The maximum absolute atomic E-state index is 6.01. The minimum absolute atomic E-state index is 0.337. The number of alkyl halides is 1. The molecule has 0 fully saturated rings. The van der Waals surface area contributed by atoms with Gasteiger partial charge in [-0.05, 0) is 25.5 Å². The van der Waals surface area contributed by atoms with Crippen molar-refractivity contribution in [1.82, 2.24) is 24.3 Å². The van der Waals surface area contributed by atoms with Crippen LogP contribution in [0.2, 0.25) is 0 Å². The van der Waals surface area contributed by atoms with E-state index in [0.29, 0.717) is 5.88 Å². The molecule has 0 unspecified atom stereocenters. The van der Waals surface area contributed by atoms with Gasteiger partial charge in [0.1, 0.15) is 11.3 Å². The molecule has 0 radical (unpaired) electrons. The van der Waals surface area contributed by atoms with Crippen LogP contribution in [0.1, 0.15) is 17.1 Å². The molecule has 3 aromatic heterocycles. The molecule has 5 nitrogen and oxygen atoms in total. The molecule has 0 spiro atoms. The molecule has 98 valence electrons. The molecule has 0 aliphatic carbocycles. The molecule has 3 heterocycles. The molecule has 0 bridgehead atoms. The van der Waals surface area contributed by atoms with Crippen LogP contribution in [-0.2, 0) is 12.9 Å². The van der Waals surface area contributed by atoms with Crippen molar-refractivity contribution in [2.75, 3.05) is 0 Å². The average molecular weight is 276 g/mol. The van der Waals surface area contributed by atoms with Crippen LogP contribution in [0.3, 0.4) is 0 Å². The van der Waals surface area contributed by atoms with Crippen LogP contribution in [0.15, 0.2) is 18.5 Å². The zero-order valence-corrected chi connectivity index (χ0v) is 11.8. The highest BCUT2D eigenvalue weighted by Crippen LogP contribution is 2.23. The van der Waals surface area contributed by atoms with E-state index in [9.17, 15) is 0 Å². The molecular formula is C13H14ClN5. The van der Waals surface area contributed by atoms with Gasteiger partial charge in [0.25, 0.3) is 0 Å². The average Bonchev–Trinajstić information content (AvgIpc) is 2.88. The molecule has 0 aromatic carbocycles. The van der Waals surface area contributed by atoms with Gasteiger partial charge in [-0.2, -0.15) is 5.10 Å². The normalized spacial score (nSPS) is 11.4.